The molecule has 4 heteroatoms. The highest BCUT2D eigenvalue weighted by molar-refractivity contribution is 5.94. The largest absolute Gasteiger partial charge is 0.508 e. The number of nitrogens with one attached hydrogen (secondary N) is 1. The van der Waals surface area contributed by atoms with Crippen molar-refractivity contribution >= 4 is 11.6 Å². The molecular formula is C18H21N2O2+. The average molecular weight is 297 g/mol. The van der Waals surface area contributed by atoms with Gasteiger partial charge in [-0.1, -0.05) is 17.7 Å². The molecule has 0 bridgehead atoms. The molecule has 0 aliphatic carbocycles. The lowest BCUT2D eigenvalue weighted by Crippen LogP contribution is -3.10. The van der Waals surface area contributed by atoms with Crippen LogP contribution >= 0.6 is 0 Å². The van der Waals surface area contributed by atoms with E-state index in [9.17, 15) is 9.90 Å². The Bertz CT molecular complexity index is 642. The quantitative estimate of drug-likeness (QED) is 0.823. The second-order valence-corrected chi connectivity index (χ2v) is 5.81. The van der Waals surface area contributed by atoms with Gasteiger partial charge in [0.05, 0.1) is 26.2 Å². The molecule has 2 aromatic rings. The minimum Gasteiger partial charge on any atom is -0.508 e. The number of phenols is 1. The van der Waals surface area contributed by atoms with Crippen LogP contribution in [0, 0.1) is 6.92 Å². The van der Waals surface area contributed by atoms with Crippen molar-refractivity contribution in [1.82, 2.24) is 4.90 Å². The van der Waals surface area contributed by atoms with Crippen molar-refractivity contribution in [3.8, 4) is 5.75 Å². The van der Waals surface area contributed by atoms with Gasteiger partial charge >= 0.3 is 0 Å². The van der Waals surface area contributed by atoms with Crippen LogP contribution in [0.15, 0.2) is 48.5 Å². The van der Waals surface area contributed by atoms with Gasteiger partial charge in [-0.05, 0) is 31.2 Å². The first-order chi connectivity index (χ1) is 10.6. The Morgan fingerprint density at radius 2 is 1.59 bits per heavy atom. The molecule has 0 spiro atoms. The van der Waals surface area contributed by atoms with Crippen molar-refractivity contribution in [1.29, 1.82) is 0 Å². The van der Waals surface area contributed by atoms with Gasteiger partial charge in [0, 0.05) is 17.7 Å². The zero-order valence-corrected chi connectivity index (χ0v) is 12.7. The molecule has 4 nitrogen and oxygen atoms in total. The Morgan fingerprint density at radius 3 is 2.18 bits per heavy atom. The van der Waals surface area contributed by atoms with E-state index in [1.54, 1.807) is 12.1 Å². The fourth-order valence-electron chi connectivity index (χ4n) is 2.84. The van der Waals surface area contributed by atoms with Crippen LogP contribution in [0.1, 0.15) is 15.9 Å². The van der Waals surface area contributed by atoms with E-state index in [0.29, 0.717) is 0 Å². The third-order valence-corrected chi connectivity index (χ3v) is 4.23. The fraction of sp³-hybridized carbons (Fsp3) is 0.278. The number of aromatic hydroxyl groups is 1. The molecule has 22 heavy (non-hydrogen) atoms. The van der Waals surface area contributed by atoms with Gasteiger partial charge in [-0.25, -0.2) is 0 Å². The summed E-state index contributed by atoms with van der Waals surface area (Å²) in [4.78, 5) is 15.8. The molecule has 1 aliphatic rings. The number of amides is 1. The van der Waals surface area contributed by atoms with Crippen LogP contribution in [-0.4, -0.2) is 42.1 Å². The van der Waals surface area contributed by atoms with Crippen LogP contribution in [0.4, 0.5) is 5.69 Å². The number of carbonyl (C=O) groups excluding carboxylic acids is 1. The Balaban J connectivity index is 1.62. The van der Waals surface area contributed by atoms with Gasteiger partial charge in [0.2, 0.25) is 0 Å². The van der Waals surface area contributed by atoms with Gasteiger partial charge in [0.25, 0.3) is 5.91 Å². The number of aryl methyl sites for hydroxylation is 1. The first-order valence-electron chi connectivity index (χ1n) is 7.63. The number of piperazine rings is 1. The average Bonchev–Trinajstić information content (AvgIpc) is 2.56. The van der Waals surface area contributed by atoms with Gasteiger partial charge in [0.1, 0.15) is 11.4 Å². The summed E-state index contributed by atoms with van der Waals surface area (Å²) in [6, 6.07) is 15.1. The predicted octanol–water partition coefficient (Wildman–Crippen LogP) is 1.37. The molecule has 1 aliphatic heterocycles. The number of hydrogen-bond acceptors (Lipinski definition) is 2. The number of rotatable bonds is 2. The van der Waals surface area contributed by atoms with Crippen molar-refractivity contribution in [2.75, 3.05) is 26.2 Å². The van der Waals surface area contributed by atoms with E-state index in [1.807, 2.05) is 48.2 Å². The van der Waals surface area contributed by atoms with Crippen LogP contribution in [0.25, 0.3) is 0 Å². The number of carbonyl (C=O) groups is 1. The topological polar surface area (TPSA) is 45.0 Å². The first-order valence-corrected chi connectivity index (χ1v) is 7.63. The first kappa shape index (κ1) is 14.6. The molecule has 1 heterocycles. The molecule has 0 atom stereocenters. The van der Waals surface area contributed by atoms with Crippen LogP contribution in [0.5, 0.6) is 5.75 Å². The zero-order chi connectivity index (χ0) is 15.5. The maximum absolute atomic E-state index is 12.5. The van der Waals surface area contributed by atoms with E-state index in [0.717, 1.165) is 37.3 Å². The molecule has 1 amide bonds. The van der Waals surface area contributed by atoms with Crippen molar-refractivity contribution in [3.05, 3.63) is 59.7 Å². The van der Waals surface area contributed by atoms with E-state index >= 15 is 0 Å². The standard InChI is InChI=1S/C18H20N2O2/c1-14-2-4-15(5-3-14)18(22)20-12-10-19(11-13-20)16-6-8-17(21)9-7-16/h2-9,21H,10-13H2,1H3/p+1. The summed E-state index contributed by atoms with van der Waals surface area (Å²) >= 11 is 0. The van der Waals surface area contributed by atoms with Crippen LogP contribution in [0.3, 0.4) is 0 Å². The highest BCUT2D eigenvalue weighted by Gasteiger charge is 2.25. The predicted molar refractivity (Wildman–Crippen MR) is 85.5 cm³/mol. The van der Waals surface area contributed by atoms with Crippen LogP contribution in [0.2, 0.25) is 0 Å². The zero-order valence-electron chi connectivity index (χ0n) is 12.7. The van der Waals surface area contributed by atoms with Gasteiger partial charge in [-0.3, -0.25) is 9.69 Å². The number of hydrogen-bond donors (Lipinski definition) is 2. The third-order valence-electron chi connectivity index (χ3n) is 4.23. The number of phenolic OH excluding ortho intramolecular Hbond substituents is 1. The Labute approximate surface area is 130 Å². The molecule has 1 saturated heterocycles. The van der Waals surface area contributed by atoms with E-state index in [4.69, 9.17) is 0 Å². The Morgan fingerprint density at radius 1 is 1.00 bits per heavy atom. The van der Waals surface area contributed by atoms with Crippen molar-refractivity contribution in [2.45, 2.75) is 6.92 Å². The summed E-state index contributed by atoms with van der Waals surface area (Å²) in [7, 11) is 0. The molecule has 1 fully saturated rings. The molecule has 3 rings (SSSR count). The lowest BCUT2D eigenvalue weighted by molar-refractivity contribution is -0.837. The van der Waals surface area contributed by atoms with Crippen LogP contribution in [-0.2, 0) is 0 Å². The Kier molecular flexibility index (Phi) is 4.11. The molecular weight excluding hydrogens is 276 g/mol. The van der Waals surface area contributed by atoms with Gasteiger partial charge < -0.3 is 10.0 Å². The van der Waals surface area contributed by atoms with E-state index in [2.05, 4.69) is 0 Å². The minimum atomic E-state index is 0.116. The van der Waals surface area contributed by atoms with E-state index < -0.39 is 0 Å². The number of nitrogens with zero attached hydrogens (tertiary/aromatic N) is 1. The highest BCUT2D eigenvalue weighted by atomic mass is 16.3. The van der Waals surface area contributed by atoms with E-state index in [1.165, 1.54) is 10.6 Å². The van der Waals surface area contributed by atoms with Crippen molar-refractivity contribution in [2.24, 2.45) is 0 Å². The minimum absolute atomic E-state index is 0.116. The highest BCUT2D eigenvalue weighted by Crippen LogP contribution is 2.12. The summed E-state index contributed by atoms with van der Waals surface area (Å²) in [6.45, 7) is 5.31. The molecule has 0 unspecified atom stereocenters. The lowest BCUT2D eigenvalue weighted by Gasteiger charge is -2.32. The fourth-order valence-corrected chi connectivity index (χ4v) is 2.84. The molecule has 0 saturated carbocycles. The van der Waals surface area contributed by atoms with E-state index in [-0.39, 0.29) is 11.7 Å². The van der Waals surface area contributed by atoms with Gasteiger partial charge in [-0.15, -0.1) is 0 Å². The second-order valence-electron chi connectivity index (χ2n) is 5.81. The third kappa shape index (κ3) is 3.12. The maximum Gasteiger partial charge on any atom is 0.254 e. The summed E-state index contributed by atoms with van der Waals surface area (Å²) in [5.41, 5.74) is 3.09. The van der Waals surface area contributed by atoms with Gasteiger partial charge in [-0.2, -0.15) is 0 Å². The molecule has 114 valence electrons. The summed E-state index contributed by atoms with van der Waals surface area (Å²) in [5, 5.41) is 9.35. The molecule has 0 radical (unpaired) electrons. The number of quaternary nitrogens is 1. The smallest absolute Gasteiger partial charge is 0.254 e. The molecule has 2 N–H and O–H groups in total. The maximum atomic E-state index is 12.5. The summed E-state index contributed by atoms with van der Waals surface area (Å²) in [5.74, 6) is 0.404. The monoisotopic (exact) mass is 297 g/mol. The molecule has 0 aromatic heterocycles. The van der Waals surface area contributed by atoms with Crippen LogP contribution < -0.4 is 4.90 Å². The van der Waals surface area contributed by atoms with Crippen molar-refractivity contribution in [3.63, 3.8) is 0 Å². The second kappa shape index (κ2) is 6.20. The normalized spacial score (nSPS) is 15.8. The summed E-state index contributed by atoms with van der Waals surface area (Å²) < 4.78 is 0. The SMILES string of the molecule is Cc1ccc(C(=O)N2CC[NH+](c3ccc(O)cc3)CC2)cc1. The lowest BCUT2D eigenvalue weighted by atomic mass is 10.1. The number of benzene rings is 2. The van der Waals surface area contributed by atoms with Gasteiger partial charge in [0.15, 0.2) is 0 Å². The summed E-state index contributed by atoms with van der Waals surface area (Å²) in [6.07, 6.45) is 0. The molecule has 2 aromatic carbocycles. The van der Waals surface area contributed by atoms with Crippen molar-refractivity contribution < 1.29 is 14.8 Å². The Hall–Kier alpha value is -2.33.